The summed E-state index contributed by atoms with van der Waals surface area (Å²) in [5, 5.41) is 4.86. The lowest BCUT2D eigenvalue weighted by Gasteiger charge is -2.09. The molecule has 0 heterocycles. The Morgan fingerprint density at radius 3 is 2.22 bits per heavy atom. The second kappa shape index (κ2) is 6.54. The van der Waals surface area contributed by atoms with E-state index in [2.05, 4.69) is 4.72 Å². The molecule has 0 aliphatic heterocycles. The second-order valence-corrected chi connectivity index (χ2v) is 8.29. The van der Waals surface area contributed by atoms with Crippen LogP contribution >= 0.6 is 11.6 Å². The molecule has 2 aromatic rings. The summed E-state index contributed by atoms with van der Waals surface area (Å²) in [7, 11) is -7.83. The van der Waals surface area contributed by atoms with Crippen molar-refractivity contribution in [2.24, 2.45) is 5.14 Å². The third-order valence-corrected chi connectivity index (χ3v) is 5.71. The van der Waals surface area contributed by atoms with E-state index in [9.17, 15) is 21.2 Å². The highest BCUT2D eigenvalue weighted by atomic mass is 35.5. The first kappa shape index (κ1) is 17.8. The molecule has 0 saturated heterocycles. The van der Waals surface area contributed by atoms with E-state index in [0.717, 1.165) is 18.2 Å². The van der Waals surface area contributed by atoms with Gasteiger partial charge in [0.05, 0.1) is 9.92 Å². The van der Waals surface area contributed by atoms with Crippen molar-refractivity contribution in [1.29, 1.82) is 0 Å². The molecule has 0 aromatic heterocycles. The maximum Gasteiger partial charge on any atom is 0.242 e. The minimum absolute atomic E-state index is 0.0858. The van der Waals surface area contributed by atoms with Crippen LogP contribution in [0.2, 0.25) is 5.02 Å². The summed E-state index contributed by atoms with van der Waals surface area (Å²) in [6, 6.07) is 8.35. The average Bonchev–Trinajstić information content (AvgIpc) is 2.47. The number of benzene rings is 2. The van der Waals surface area contributed by atoms with E-state index in [1.807, 2.05) is 0 Å². The van der Waals surface area contributed by atoms with Gasteiger partial charge >= 0.3 is 0 Å². The molecule has 0 aliphatic carbocycles. The minimum Gasteiger partial charge on any atom is -0.225 e. The van der Waals surface area contributed by atoms with E-state index in [-0.39, 0.29) is 21.4 Å². The van der Waals surface area contributed by atoms with E-state index in [1.165, 1.54) is 24.3 Å². The fourth-order valence-electron chi connectivity index (χ4n) is 1.74. The van der Waals surface area contributed by atoms with Crippen molar-refractivity contribution >= 4 is 31.6 Å². The quantitative estimate of drug-likeness (QED) is 0.824. The van der Waals surface area contributed by atoms with Crippen LogP contribution in [0.4, 0.5) is 4.39 Å². The maximum absolute atomic E-state index is 13.2. The summed E-state index contributed by atoms with van der Waals surface area (Å²) in [5.41, 5.74) is 0.494. The first-order valence-corrected chi connectivity index (χ1v) is 9.57. The molecule has 0 spiro atoms. The smallest absolute Gasteiger partial charge is 0.225 e. The molecular weight excluding hydrogens is 367 g/mol. The molecule has 10 heteroatoms. The van der Waals surface area contributed by atoms with Crippen molar-refractivity contribution in [2.75, 3.05) is 0 Å². The number of rotatable bonds is 5. The first-order valence-electron chi connectivity index (χ1n) is 6.16. The topological polar surface area (TPSA) is 106 Å². The van der Waals surface area contributed by atoms with Gasteiger partial charge in [0.2, 0.25) is 20.0 Å². The zero-order valence-corrected chi connectivity index (χ0v) is 13.9. The molecule has 2 aromatic carbocycles. The highest BCUT2D eigenvalue weighted by Crippen LogP contribution is 2.22. The third-order valence-electron chi connectivity index (χ3n) is 2.90. The Morgan fingerprint density at radius 2 is 1.65 bits per heavy atom. The van der Waals surface area contributed by atoms with Crippen molar-refractivity contribution in [3.63, 3.8) is 0 Å². The van der Waals surface area contributed by atoms with Crippen molar-refractivity contribution in [3.05, 3.63) is 58.9 Å². The fourth-order valence-corrected chi connectivity index (χ4v) is 3.78. The maximum atomic E-state index is 13.2. The minimum atomic E-state index is -4.02. The van der Waals surface area contributed by atoms with E-state index in [4.69, 9.17) is 16.7 Å². The van der Waals surface area contributed by atoms with E-state index in [0.29, 0.717) is 5.56 Å². The van der Waals surface area contributed by atoms with Gasteiger partial charge in [0.1, 0.15) is 10.7 Å². The summed E-state index contributed by atoms with van der Waals surface area (Å²) >= 11 is 5.77. The fraction of sp³-hybridized carbons (Fsp3) is 0.0769. The summed E-state index contributed by atoms with van der Waals surface area (Å²) in [4.78, 5) is -0.461. The van der Waals surface area contributed by atoms with Gasteiger partial charge in [-0.25, -0.2) is 31.1 Å². The van der Waals surface area contributed by atoms with Crippen molar-refractivity contribution < 1.29 is 21.2 Å². The van der Waals surface area contributed by atoms with Crippen LogP contribution in [0.1, 0.15) is 5.56 Å². The zero-order chi connectivity index (χ0) is 17.3. The number of primary sulfonamides is 1. The number of sulfonamides is 2. The van der Waals surface area contributed by atoms with Crippen LogP contribution in [0, 0.1) is 5.82 Å². The van der Waals surface area contributed by atoms with Crippen molar-refractivity contribution in [3.8, 4) is 0 Å². The number of nitrogens with two attached hydrogens (primary N) is 1. The molecule has 3 N–H and O–H groups in total. The monoisotopic (exact) mass is 378 g/mol. The average molecular weight is 379 g/mol. The van der Waals surface area contributed by atoms with Gasteiger partial charge in [-0.3, -0.25) is 0 Å². The highest BCUT2D eigenvalue weighted by Gasteiger charge is 2.18. The number of halogens is 2. The largest absolute Gasteiger partial charge is 0.242 e. The Hall–Kier alpha value is -1.52. The molecule has 0 saturated carbocycles. The van der Waals surface area contributed by atoms with Gasteiger partial charge in [0.25, 0.3) is 0 Å². The van der Waals surface area contributed by atoms with Gasteiger partial charge in [-0.05, 0) is 35.9 Å². The van der Waals surface area contributed by atoms with Gasteiger partial charge in [-0.2, -0.15) is 0 Å². The Kier molecular flexibility index (Phi) is 5.07. The Balaban J connectivity index is 2.18. The van der Waals surface area contributed by atoms with Crippen LogP contribution in [0.5, 0.6) is 0 Å². The van der Waals surface area contributed by atoms with Crippen molar-refractivity contribution in [1.82, 2.24) is 4.72 Å². The lowest BCUT2D eigenvalue weighted by atomic mass is 10.2. The Bertz CT molecular complexity index is 929. The van der Waals surface area contributed by atoms with Gasteiger partial charge in [-0.1, -0.05) is 23.7 Å². The van der Waals surface area contributed by atoms with Gasteiger partial charge in [0, 0.05) is 6.54 Å². The molecule has 0 fully saturated rings. The normalized spacial score (nSPS) is 12.3. The molecule has 0 amide bonds. The molecule has 0 bridgehead atoms. The van der Waals surface area contributed by atoms with Crippen LogP contribution in [0.3, 0.4) is 0 Å². The molecular formula is C13H12ClFN2O4S2. The Morgan fingerprint density at radius 1 is 1.04 bits per heavy atom. The molecule has 0 atom stereocenters. The molecule has 0 aliphatic rings. The number of hydrogen-bond donors (Lipinski definition) is 2. The lowest BCUT2D eigenvalue weighted by molar-refractivity contribution is 0.577. The zero-order valence-electron chi connectivity index (χ0n) is 11.5. The molecule has 124 valence electrons. The van der Waals surface area contributed by atoms with Crippen LogP contribution in [0.25, 0.3) is 0 Å². The number of nitrogens with one attached hydrogen (secondary N) is 1. The lowest BCUT2D eigenvalue weighted by Crippen LogP contribution is -2.23. The summed E-state index contributed by atoms with van der Waals surface area (Å²) in [6.07, 6.45) is 0. The van der Waals surface area contributed by atoms with E-state index in [1.54, 1.807) is 0 Å². The van der Waals surface area contributed by atoms with Crippen LogP contribution in [-0.4, -0.2) is 16.8 Å². The van der Waals surface area contributed by atoms with Gasteiger partial charge in [-0.15, -0.1) is 0 Å². The molecule has 23 heavy (non-hydrogen) atoms. The predicted molar refractivity (Wildman–Crippen MR) is 83.3 cm³/mol. The second-order valence-electron chi connectivity index (χ2n) is 4.59. The van der Waals surface area contributed by atoms with Gasteiger partial charge < -0.3 is 0 Å². The summed E-state index contributed by atoms with van der Waals surface area (Å²) in [5.74, 6) is -0.729. The SMILES string of the molecule is NS(=O)(=O)c1ccc(CNS(=O)(=O)c2cc(F)ccc2Cl)cc1. The first-order chi connectivity index (χ1) is 10.6. The van der Waals surface area contributed by atoms with E-state index < -0.39 is 25.9 Å². The standard InChI is InChI=1S/C13H12ClFN2O4S2/c14-12-6-3-10(15)7-13(12)23(20,21)17-8-9-1-4-11(5-2-9)22(16,18)19/h1-7,17H,8H2,(H2,16,18,19). The van der Waals surface area contributed by atoms with Crippen LogP contribution < -0.4 is 9.86 Å². The van der Waals surface area contributed by atoms with E-state index >= 15 is 0 Å². The summed E-state index contributed by atoms with van der Waals surface area (Å²) < 4.78 is 62.0. The molecule has 0 radical (unpaired) electrons. The predicted octanol–water partition coefficient (Wildman–Crippen LogP) is 1.60. The van der Waals surface area contributed by atoms with Gasteiger partial charge in [0.15, 0.2) is 0 Å². The molecule has 2 rings (SSSR count). The Labute approximate surface area is 138 Å². The van der Waals surface area contributed by atoms with Crippen LogP contribution in [-0.2, 0) is 26.6 Å². The third kappa shape index (κ3) is 4.49. The number of hydrogen-bond acceptors (Lipinski definition) is 4. The summed E-state index contributed by atoms with van der Waals surface area (Å²) in [6.45, 7) is -0.125. The highest BCUT2D eigenvalue weighted by molar-refractivity contribution is 7.89. The van der Waals surface area contributed by atoms with Crippen molar-refractivity contribution in [2.45, 2.75) is 16.3 Å². The van der Waals surface area contributed by atoms with Crippen LogP contribution in [0.15, 0.2) is 52.3 Å². The molecule has 6 nitrogen and oxygen atoms in total. The molecule has 0 unspecified atom stereocenters.